The maximum Gasteiger partial charge on any atom is 0.115 e. The summed E-state index contributed by atoms with van der Waals surface area (Å²) in [6.07, 6.45) is 6.82. The van der Waals surface area contributed by atoms with Crippen LogP contribution in [-0.2, 0) is 0 Å². The molecule has 2 saturated heterocycles. The third-order valence-electron chi connectivity index (χ3n) is 6.27. The second-order valence-electron chi connectivity index (χ2n) is 7.96. The largest absolute Gasteiger partial charge is 0.508 e. The van der Waals surface area contributed by atoms with E-state index in [-0.39, 0.29) is 0 Å². The standard InChI is InChI=1S/C21H34N2O/c1-17-10-13-23(15-14-22-11-5-3-4-6-12-22)21(18(17)2)19-8-7-9-20(24)16-19/h7-9,16-18,21,24H,3-6,10-15H2,1-2H3/t17-,18+,21?/m0/s1. The molecule has 1 aromatic carbocycles. The molecule has 0 aromatic heterocycles. The summed E-state index contributed by atoms with van der Waals surface area (Å²) in [5.41, 5.74) is 1.28. The molecule has 1 aromatic rings. The SMILES string of the molecule is C[C@H]1CCN(CCN2CCCCCC2)C(c2cccc(O)c2)[C@@H]1C. The monoisotopic (exact) mass is 330 g/mol. The van der Waals surface area contributed by atoms with Crippen molar-refractivity contribution in [1.82, 2.24) is 9.80 Å². The molecule has 0 saturated carbocycles. The predicted molar refractivity (Wildman–Crippen MR) is 100 cm³/mol. The molecule has 0 spiro atoms. The van der Waals surface area contributed by atoms with Crippen molar-refractivity contribution >= 4 is 0 Å². The average Bonchev–Trinajstić information content (AvgIpc) is 2.84. The zero-order valence-corrected chi connectivity index (χ0v) is 15.5. The normalized spacial score (nSPS) is 30.2. The molecular weight excluding hydrogens is 296 g/mol. The Bertz CT molecular complexity index is 510. The molecule has 24 heavy (non-hydrogen) atoms. The first kappa shape index (κ1) is 17.8. The lowest BCUT2D eigenvalue weighted by Crippen LogP contribution is -2.45. The fourth-order valence-electron chi connectivity index (χ4n) is 4.52. The molecule has 0 radical (unpaired) electrons. The van der Waals surface area contributed by atoms with E-state index in [9.17, 15) is 5.11 Å². The number of rotatable bonds is 4. The Balaban J connectivity index is 1.69. The lowest BCUT2D eigenvalue weighted by atomic mass is 9.79. The van der Waals surface area contributed by atoms with E-state index in [1.165, 1.54) is 63.8 Å². The molecule has 1 unspecified atom stereocenters. The van der Waals surface area contributed by atoms with Crippen molar-refractivity contribution in [2.45, 2.75) is 52.0 Å². The van der Waals surface area contributed by atoms with Crippen molar-refractivity contribution in [3.63, 3.8) is 0 Å². The summed E-state index contributed by atoms with van der Waals surface area (Å²) >= 11 is 0. The van der Waals surface area contributed by atoms with Crippen LogP contribution in [0.15, 0.2) is 24.3 Å². The minimum absolute atomic E-state index is 0.394. The number of piperidine rings is 1. The number of phenols is 1. The quantitative estimate of drug-likeness (QED) is 0.892. The van der Waals surface area contributed by atoms with E-state index >= 15 is 0 Å². The van der Waals surface area contributed by atoms with Crippen molar-refractivity contribution in [2.24, 2.45) is 11.8 Å². The van der Waals surface area contributed by atoms with E-state index in [0.717, 1.165) is 12.5 Å². The molecule has 134 valence electrons. The summed E-state index contributed by atoms with van der Waals surface area (Å²) < 4.78 is 0. The van der Waals surface area contributed by atoms with Crippen LogP contribution in [0.4, 0.5) is 0 Å². The van der Waals surface area contributed by atoms with Crippen molar-refractivity contribution in [2.75, 3.05) is 32.7 Å². The second kappa shape index (κ2) is 8.35. The summed E-state index contributed by atoms with van der Waals surface area (Å²) in [6, 6.07) is 8.37. The zero-order valence-electron chi connectivity index (χ0n) is 15.5. The molecule has 3 atom stereocenters. The maximum absolute atomic E-state index is 9.92. The highest BCUT2D eigenvalue weighted by Crippen LogP contribution is 2.39. The average molecular weight is 331 g/mol. The topological polar surface area (TPSA) is 26.7 Å². The number of nitrogens with zero attached hydrogens (tertiary/aromatic N) is 2. The third kappa shape index (κ3) is 4.31. The predicted octanol–water partition coefficient (Wildman–Crippen LogP) is 4.29. The Labute approximate surface area is 147 Å². The van der Waals surface area contributed by atoms with Gasteiger partial charge in [-0.05, 0) is 68.4 Å². The Morgan fingerprint density at radius 1 is 1.00 bits per heavy atom. The fraction of sp³-hybridized carbons (Fsp3) is 0.714. The maximum atomic E-state index is 9.92. The van der Waals surface area contributed by atoms with Gasteiger partial charge < -0.3 is 10.0 Å². The van der Waals surface area contributed by atoms with Crippen molar-refractivity contribution < 1.29 is 5.11 Å². The van der Waals surface area contributed by atoms with Crippen molar-refractivity contribution in [3.8, 4) is 5.75 Å². The number of hydrogen-bond acceptors (Lipinski definition) is 3. The van der Waals surface area contributed by atoms with Gasteiger partial charge in [0.15, 0.2) is 0 Å². The summed E-state index contributed by atoms with van der Waals surface area (Å²) in [7, 11) is 0. The van der Waals surface area contributed by atoms with Gasteiger partial charge in [0.1, 0.15) is 5.75 Å². The Kier molecular flexibility index (Phi) is 6.18. The lowest BCUT2D eigenvalue weighted by Gasteiger charge is -2.44. The minimum atomic E-state index is 0.394. The van der Waals surface area contributed by atoms with E-state index in [0.29, 0.717) is 17.7 Å². The number of phenolic OH excluding ortho intramolecular Hbond substituents is 1. The second-order valence-corrected chi connectivity index (χ2v) is 7.96. The van der Waals surface area contributed by atoms with Gasteiger partial charge >= 0.3 is 0 Å². The Hall–Kier alpha value is -1.06. The minimum Gasteiger partial charge on any atom is -0.508 e. The highest BCUT2D eigenvalue weighted by molar-refractivity contribution is 5.30. The van der Waals surface area contributed by atoms with Crippen LogP contribution >= 0.6 is 0 Å². The number of hydrogen-bond donors (Lipinski definition) is 1. The first-order chi connectivity index (χ1) is 11.6. The molecule has 0 aliphatic carbocycles. The van der Waals surface area contributed by atoms with Gasteiger partial charge in [0, 0.05) is 19.1 Å². The van der Waals surface area contributed by atoms with Crippen molar-refractivity contribution in [1.29, 1.82) is 0 Å². The highest BCUT2D eigenvalue weighted by atomic mass is 16.3. The van der Waals surface area contributed by atoms with Crippen LogP contribution in [0.5, 0.6) is 5.75 Å². The van der Waals surface area contributed by atoms with E-state index in [1.54, 1.807) is 6.07 Å². The zero-order chi connectivity index (χ0) is 16.9. The van der Waals surface area contributed by atoms with Gasteiger partial charge in [-0.25, -0.2) is 0 Å². The van der Waals surface area contributed by atoms with Gasteiger partial charge in [0.05, 0.1) is 0 Å². The molecule has 1 N–H and O–H groups in total. The molecule has 2 heterocycles. The van der Waals surface area contributed by atoms with Crippen LogP contribution in [0.1, 0.15) is 57.6 Å². The number of benzene rings is 1. The van der Waals surface area contributed by atoms with Crippen LogP contribution in [0.3, 0.4) is 0 Å². The Morgan fingerprint density at radius 2 is 1.75 bits per heavy atom. The van der Waals surface area contributed by atoms with Gasteiger partial charge in [-0.15, -0.1) is 0 Å². The van der Waals surface area contributed by atoms with Gasteiger partial charge in [0.2, 0.25) is 0 Å². The number of likely N-dealkylation sites (tertiary alicyclic amines) is 2. The molecule has 2 fully saturated rings. The first-order valence-corrected chi connectivity index (χ1v) is 9.90. The van der Waals surface area contributed by atoms with Crippen LogP contribution in [0.2, 0.25) is 0 Å². The first-order valence-electron chi connectivity index (χ1n) is 9.90. The summed E-state index contributed by atoms with van der Waals surface area (Å²) in [6.45, 7) is 10.8. The smallest absolute Gasteiger partial charge is 0.115 e. The summed E-state index contributed by atoms with van der Waals surface area (Å²) in [5, 5.41) is 9.92. The van der Waals surface area contributed by atoms with Gasteiger partial charge in [-0.2, -0.15) is 0 Å². The molecule has 3 nitrogen and oxygen atoms in total. The Morgan fingerprint density at radius 3 is 2.46 bits per heavy atom. The van der Waals surface area contributed by atoms with Gasteiger partial charge in [0.25, 0.3) is 0 Å². The molecular formula is C21H34N2O. The number of aromatic hydroxyl groups is 1. The molecule has 0 amide bonds. The summed E-state index contributed by atoms with van der Waals surface area (Å²) in [5.74, 6) is 1.77. The van der Waals surface area contributed by atoms with E-state index in [4.69, 9.17) is 0 Å². The van der Waals surface area contributed by atoms with Gasteiger partial charge in [-0.1, -0.05) is 38.8 Å². The van der Waals surface area contributed by atoms with E-state index < -0.39 is 0 Å². The molecule has 2 aliphatic heterocycles. The van der Waals surface area contributed by atoms with Gasteiger partial charge in [-0.3, -0.25) is 4.90 Å². The van der Waals surface area contributed by atoms with E-state index in [2.05, 4.69) is 29.7 Å². The van der Waals surface area contributed by atoms with Crippen molar-refractivity contribution in [3.05, 3.63) is 29.8 Å². The van der Waals surface area contributed by atoms with Crippen LogP contribution < -0.4 is 0 Å². The summed E-state index contributed by atoms with van der Waals surface area (Å²) in [4.78, 5) is 5.33. The molecule has 0 bridgehead atoms. The molecule has 2 aliphatic rings. The van der Waals surface area contributed by atoms with Crippen LogP contribution in [-0.4, -0.2) is 47.6 Å². The van der Waals surface area contributed by atoms with Crippen LogP contribution in [0.25, 0.3) is 0 Å². The molecule has 3 rings (SSSR count). The third-order valence-corrected chi connectivity index (χ3v) is 6.27. The lowest BCUT2D eigenvalue weighted by molar-refractivity contribution is 0.0541. The fourth-order valence-corrected chi connectivity index (χ4v) is 4.52. The van der Waals surface area contributed by atoms with Crippen LogP contribution in [0, 0.1) is 11.8 Å². The highest BCUT2D eigenvalue weighted by Gasteiger charge is 2.34. The molecule has 3 heteroatoms. The van der Waals surface area contributed by atoms with E-state index in [1.807, 2.05) is 12.1 Å².